The second kappa shape index (κ2) is 12.1. The zero-order chi connectivity index (χ0) is 25.5. The van der Waals surface area contributed by atoms with Crippen molar-refractivity contribution >= 4 is 35.1 Å². The van der Waals surface area contributed by atoms with Gasteiger partial charge in [0.25, 0.3) is 0 Å². The van der Waals surface area contributed by atoms with E-state index in [1.54, 1.807) is 18.2 Å². The van der Waals surface area contributed by atoms with Crippen LogP contribution in [0.5, 0.6) is 11.5 Å². The number of carbonyl (C=O) groups excluding carboxylic acids is 2. The first-order valence-electron chi connectivity index (χ1n) is 12.1. The van der Waals surface area contributed by atoms with Crippen LogP contribution in [-0.2, 0) is 11.3 Å². The standard InChI is InChI=1S/C26H31Cl2N3O5/c27-22-8-7-21(15-23(22)28)36-18-26(34)9-1-11-30(13-10-26)16-19-3-5-20(6-4-19)35-14-2-12-31-17-24(32)29-25(31)33/h3-8,15,34H,1-2,9-14,16-18H2,(H,29,32,33)/t26-/m0/s1. The highest BCUT2D eigenvalue weighted by molar-refractivity contribution is 6.42. The van der Waals surface area contributed by atoms with Crippen LogP contribution < -0.4 is 14.8 Å². The lowest BCUT2D eigenvalue weighted by atomic mass is 9.96. The van der Waals surface area contributed by atoms with Crippen LogP contribution in [0.2, 0.25) is 10.0 Å². The smallest absolute Gasteiger partial charge is 0.324 e. The first-order valence-corrected chi connectivity index (χ1v) is 12.9. The summed E-state index contributed by atoms with van der Waals surface area (Å²) in [6, 6.07) is 12.8. The number of hydrogen-bond donors (Lipinski definition) is 2. The molecule has 10 heteroatoms. The Hall–Kier alpha value is -2.52. The fraction of sp³-hybridized carbons (Fsp3) is 0.462. The number of likely N-dealkylation sites (tertiary alicyclic amines) is 1. The number of amides is 3. The SMILES string of the molecule is O=C1CN(CCCOc2ccc(CN3CCC[C@@](O)(COc4ccc(Cl)c(Cl)c4)CC3)cc2)C(=O)N1. The van der Waals surface area contributed by atoms with Gasteiger partial charge in [-0.15, -0.1) is 0 Å². The van der Waals surface area contributed by atoms with Gasteiger partial charge >= 0.3 is 6.03 Å². The summed E-state index contributed by atoms with van der Waals surface area (Å²) < 4.78 is 11.6. The normalized spacial score (nSPS) is 20.8. The number of imide groups is 1. The highest BCUT2D eigenvalue weighted by Gasteiger charge is 2.31. The molecule has 8 nitrogen and oxygen atoms in total. The summed E-state index contributed by atoms with van der Waals surface area (Å²) in [7, 11) is 0. The predicted molar refractivity (Wildman–Crippen MR) is 138 cm³/mol. The lowest BCUT2D eigenvalue weighted by molar-refractivity contribution is -0.118. The van der Waals surface area contributed by atoms with Gasteiger partial charge in [0.2, 0.25) is 5.91 Å². The van der Waals surface area contributed by atoms with Gasteiger partial charge in [0.15, 0.2) is 0 Å². The van der Waals surface area contributed by atoms with E-state index >= 15 is 0 Å². The van der Waals surface area contributed by atoms with Crippen molar-refractivity contribution in [3.8, 4) is 11.5 Å². The molecule has 2 saturated heterocycles. The maximum absolute atomic E-state index is 11.5. The number of nitrogens with one attached hydrogen (secondary N) is 1. The van der Waals surface area contributed by atoms with E-state index in [9.17, 15) is 14.7 Å². The molecule has 0 aliphatic carbocycles. The van der Waals surface area contributed by atoms with Gasteiger partial charge in [0.05, 0.1) is 22.3 Å². The number of halogens is 2. The van der Waals surface area contributed by atoms with Crippen molar-refractivity contribution in [2.24, 2.45) is 0 Å². The molecule has 1 atom stereocenters. The maximum Gasteiger partial charge on any atom is 0.324 e. The topological polar surface area (TPSA) is 91.3 Å². The van der Waals surface area contributed by atoms with Crippen LogP contribution in [0.4, 0.5) is 4.79 Å². The number of aliphatic hydroxyl groups is 1. The number of ether oxygens (including phenoxy) is 2. The Morgan fingerprint density at radius 3 is 2.47 bits per heavy atom. The number of rotatable bonds is 10. The van der Waals surface area contributed by atoms with Gasteiger partial charge in [-0.05, 0) is 62.1 Å². The molecule has 3 amide bonds. The van der Waals surface area contributed by atoms with E-state index in [2.05, 4.69) is 10.2 Å². The van der Waals surface area contributed by atoms with Gasteiger partial charge in [-0.3, -0.25) is 15.0 Å². The van der Waals surface area contributed by atoms with Crippen molar-refractivity contribution in [2.75, 3.05) is 39.4 Å². The van der Waals surface area contributed by atoms with Crippen molar-refractivity contribution in [2.45, 2.75) is 37.8 Å². The summed E-state index contributed by atoms with van der Waals surface area (Å²) in [4.78, 5) is 26.6. The van der Waals surface area contributed by atoms with Crippen LogP contribution in [0, 0.1) is 0 Å². The summed E-state index contributed by atoms with van der Waals surface area (Å²) in [5.74, 6) is 1.10. The highest BCUT2D eigenvalue weighted by Crippen LogP contribution is 2.29. The number of benzene rings is 2. The molecule has 2 heterocycles. The van der Waals surface area contributed by atoms with Gasteiger partial charge in [-0.2, -0.15) is 0 Å². The van der Waals surface area contributed by atoms with Gasteiger partial charge < -0.3 is 19.5 Å². The van der Waals surface area contributed by atoms with Crippen LogP contribution in [0.25, 0.3) is 0 Å². The van der Waals surface area contributed by atoms with Gasteiger partial charge in [-0.1, -0.05) is 35.3 Å². The lowest BCUT2D eigenvalue weighted by Crippen LogP contribution is -2.37. The number of hydrogen-bond acceptors (Lipinski definition) is 6. The molecule has 2 aliphatic heterocycles. The Morgan fingerprint density at radius 1 is 0.972 bits per heavy atom. The average molecular weight is 536 g/mol. The first-order chi connectivity index (χ1) is 17.3. The average Bonchev–Trinajstić information content (AvgIpc) is 3.06. The first kappa shape index (κ1) is 26.5. The third-order valence-corrected chi connectivity index (χ3v) is 7.19. The van der Waals surface area contributed by atoms with Crippen molar-refractivity contribution in [3.05, 3.63) is 58.1 Å². The van der Waals surface area contributed by atoms with E-state index in [-0.39, 0.29) is 25.1 Å². The summed E-state index contributed by atoms with van der Waals surface area (Å²) in [6.07, 6.45) is 2.82. The third-order valence-electron chi connectivity index (χ3n) is 6.45. The Kier molecular flexibility index (Phi) is 8.95. The molecule has 2 fully saturated rings. The Labute approximate surface area is 221 Å². The summed E-state index contributed by atoms with van der Waals surface area (Å²) in [5, 5.41) is 14.3. The Bertz CT molecular complexity index is 1070. The molecule has 2 aromatic rings. The van der Waals surface area contributed by atoms with E-state index < -0.39 is 5.60 Å². The van der Waals surface area contributed by atoms with E-state index in [0.717, 1.165) is 31.8 Å². The second-order valence-electron chi connectivity index (χ2n) is 9.34. The summed E-state index contributed by atoms with van der Waals surface area (Å²) >= 11 is 12.0. The molecule has 0 radical (unpaired) electrons. The lowest BCUT2D eigenvalue weighted by Gasteiger charge is -2.27. The Balaban J connectivity index is 1.18. The monoisotopic (exact) mass is 535 g/mol. The quantitative estimate of drug-likeness (QED) is 0.351. The van der Waals surface area contributed by atoms with Gasteiger partial charge in [0, 0.05) is 25.7 Å². The summed E-state index contributed by atoms with van der Waals surface area (Å²) in [6.45, 7) is 3.74. The van der Waals surface area contributed by atoms with Crippen molar-refractivity contribution < 1.29 is 24.2 Å². The molecule has 2 aromatic carbocycles. The maximum atomic E-state index is 11.5. The number of urea groups is 1. The fourth-order valence-corrected chi connectivity index (χ4v) is 4.67. The molecule has 0 spiro atoms. The third kappa shape index (κ3) is 7.49. The van der Waals surface area contributed by atoms with Gasteiger partial charge in [-0.25, -0.2) is 4.79 Å². The van der Waals surface area contributed by atoms with Crippen LogP contribution >= 0.6 is 23.2 Å². The molecule has 2 aliphatic rings. The molecular formula is C26H31Cl2N3O5. The van der Waals surface area contributed by atoms with E-state index in [1.165, 1.54) is 10.5 Å². The van der Waals surface area contributed by atoms with E-state index in [0.29, 0.717) is 48.2 Å². The van der Waals surface area contributed by atoms with Crippen molar-refractivity contribution in [3.63, 3.8) is 0 Å². The predicted octanol–water partition coefficient (Wildman–Crippen LogP) is 4.11. The molecule has 4 rings (SSSR count). The summed E-state index contributed by atoms with van der Waals surface area (Å²) in [5.41, 5.74) is 0.286. The largest absolute Gasteiger partial charge is 0.494 e. The molecule has 0 bridgehead atoms. The van der Waals surface area contributed by atoms with Crippen LogP contribution in [0.3, 0.4) is 0 Å². The van der Waals surface area contributed by atoms with Crippen LogP contribution in [0.1, 0.15) is 31.2 Å². The molecule has 36 heavy (non-hydrogen) atoms. The van der Waals surface area contributed by atoms with Gasteiger partial charge in [0.1, 0.15) is 24.7 Å². The van der Waals surface area contributed by atoms with Crippen LogP contribution in [-0.4, -0.2) is 71.8 Å². The number of carbonyl (C=O) groups is 2. The number of nitrogens with zero attached hydrogens (tertiary/aromatic N) is 2. The van der Waals surface area contributed by atoms with E-state index in [1.807, 2.05) is 24.3 Å². The van der Waals surface area contributed by atoms with Crippen LogP contribution in [0.15, 0.2) is 42.5 Å². The fourth-order valence-electron chi connectivity index (χ4n) is 4.38. The second-order valence-corrected chi connectivity index (χ2v) is 10.2. The molecule has 194 valence electrons. The molecule has 0 unspecified atom stereocenters. The highest BCUT2D eigenvalue weighted by atomic mass is 35.5. The molecule has 2 N–H and O–H groups in total. The minimum atomic E-state index is -0.887. The zero-order valence-corrected chi connectivity index (χ0v) is 21.6. The van der Waals surface area contributed by atoms with Crippen molar-refractivity contribution in [1.29, 1.82) is 0 Å². The Morgan fingerprint density at radius 2 is 1.75 bits per heavy atom. The molecule has 0 saturated carbocycles. The van der Waals surface area contributed by atoms with E-state index in [4.69, 9.17) is 32.7 Å². The minimum Gasteiger partial charge on any atom is -0.494 e. The molecule has 0 aromatic heterocycles. The minimum absolute atomic E-state index is 0.117. The molecular weight excluding hydrogens is 505 g/mol. The van der Waals surface area contributed by atoms with Crippen molar-refractivity contribution in [1.82, 2.24) is 15.1 Å². The zero-order valence-electron chi connectivity index (χ0n) is 20.1.